The SMILES string of the molecule is CC[C@H](C)[C@H](N)C(=O)N(c1cccc([N+](=O)[O-])c1[N+](=O)[O-])[C@@H](Cc1cnc[nH]1)C(=O)N1CCC[C@H]1C(=O)N[C@@H](C)C(=O)OC.Cl. The van der Waals surface area contributed by atoms with Crippen molar-refractivity contribution in [2.75, 3.05) is 18.6 Å². The molecule has 2 aromatic rings. The van der Waals surface area contributed by atoms with Gasteiger partial charge in [-0.1, -0.05) is 26.3 Å². The number of amides is 3. The Morgan fingerprint density at radius 2 is 1.91 bits per heavy atom. The number of hydrogen-bond acceptors (Lipinski definition) is 11. The standard InChI is InChI=1S/C27H36N8O9.ClH/c1-5-15(2)22(28)26(38)33(18-8-6-9-19(34(40)41)23(18)35(42)43)21(12-17-13-29-14-30-17)25(37)32-11-7-10-20(32)24(36)31-16(3)27(39)44-4;/h6,8-9,13-16,20-22H,5,7,10-12,28H2,1-4H3,(H,29,30)(H,31,36);1H/t15-,16-,20-,21-,22-;/m0./s1. The molecule has 18 heteroatoms. The molecule has 0 spiro atoms. The molecule has 3 amide bonds. The lowest BCUT2D eigenvalue weighted by Crippen LogP contribution is -2.59. The molecule has 0 aliphatic carbocycles. The zero-order valence-electron chi connectivity index (χ0n) is 25.2. The first-order valence-corrected chi connectivity index (χ1v) is 14.0. The van der Waals surface area contributed by atoms with E-state index in [1.807, 2.05) is 0 Å². The maximum Gasteiger partial charge on any atom is 0.369 e. The number of nitrogens with two attached hydrogens (primary N) is 1. The van der Waals surface area contributed by atoms with Crippen molar-refractivity contribution in [2.45, 2.75) is 70.6 Å². The van der Waals surface area contributed by atoms with E-state index in [0.717, 1.165) is 17.0 Å². The molecule has 4 N–H and O–H groups in total. The zero-order chi connectivity index (χ0) is 32.7. The molecule has 0 bridgehead atoms. The Balaban J connectivity index is 0.00000705. The number of esters is 1. The second-order valence-electron chi connectivity index (χ2n) is 10.5. The second kappa shape index (κ2) is 15.9. The van der Waals surface area contributed by atoms with E-state index in [1.54, 1.807) is 13.8 Å². The van der Waals surface area contributed by atoms with Crippen LogP contribution in [0, 0.1) is 26.1 Å². The van der Waals surface area contributed by atoms with Gasteiger partial charge in [0.25, 0.3) is 0 Å². The smallest absolute Gasteiger partial charge is 0.369 e. The first-order valence-electron chi connectivity index (χ1n) is 14.0. The zero-order valence-corrected chi connectivity index (χ0v) is 26.0. The minimum atomic E-state index is -1.54. The number of likely N-dealkylation sites (tertiary alicyclic amines) is 1. The number of rotatable bonds is 13. The highest BCUT2D eigenvalue weighted by molar-refractivity contribution is 6.06. The topological polar surface area (TPSA) is 237 Å². The first kappa shape index (κ1) is 36.6. The molecule has 5 atom stereocenters. The predicted octanol–water partition coefficient (Wildman–Crippen LogP) is 1.63. The van der Waals surface area contributed by atoms with Crippen molar-refractivity contribution < 1.29 is 33.8 Å². The lowest BCUT2D eigenvalue weighted by molar-refractivity contribution is -0.422. The van der Waals surface area contributed by atoms with E-state index in [9.17, 15) is 39.4 Å². The summed E-state index contributed by atoms with van der Waals surface area (Å²) in [5.74, 6) is -3.39. The van der Waals surface area contributed by atoms with Gasteiger partial charge in [0, 0.05) is 30.9 Å². The van der Waals surface area contributed by atoms with Crippen LogP contribution in [0.15, 0.2) is 30.7 Å². The van der Waals surface area contributed by atoms with Crippen molar-refractivity contribution in [2.24, 2.45) is 11.7 Å². The van der Waals surface area contributed by atoms with Gasteiger partial charge in [0.1, 0.15) is 23.8 Å². The number of hydrogen-bond donors (Lipinski definition) is 3. The van der Waals surface area contributed by atoms with Crippen LogP contribution in [0.25, 0.3) is 0 Å². The summed E-state index contributed by atoms with van der Waals surface area (Å²) in [4.78, 5) is 84.7. The number of carbonyl (C=O) groups is 4. The van der Waals surface area contributed by atoms with Crippen molar-refractivity contribution in [3.63, 3.8) is 0 Å². The number of aromatic amines is 1. The molecule has 2 heterocycles. The number of nitro groups is 2. The summed E-state index contributed by atoms with van der Waals surface area (Å²) >= 11 is 0. The Hall–Kier alpha value is -4.64. The fraction of sp³-hybridized carbons (Fsp3) is 0.519. The van der Waals surface area contributed by atoms with Gasteiger partial charge < -0.3 is 25.7 Å². The summed E-state index contributed by atoms with van der Waals surface area (Å²) in [5, 5.41) is 26.6. The molecular formula is C27H37ClN8O9. The molecule has 1 fully saturated rings. The Kier molecular flexibility index (Phi) is 12.9. The number of nitrogens with zero attached hydrogens (tertiary/aromatic N) is 5. The largest absolute Gasteiger partial charge is 0.467 e. The van der Waals surface area contributed by atoms with Gasteiger partial charge >= 0.3 is 17.3 Å². The maximum atomic E-state index is 14.4. The van der Waals surface area contributed by atoms with Crippen LogP contribution in [0.1, 0.15) is 45.7 Å². The lowest BCUT2D eigenvalue weighted by atomic mass is 9.96. The average molecular weight is 653 g/mol. The molecule has 45 heavy (non-hydrogen) atoms. The van der Waals surface area contributed by atoms with E-state index >= 15 is 0 Å². The van der Waals surface area contributed by atoms with E-state index in [1.165, 1.54) is 37.5 Å². The molecule has 1 saturated heterocycles. The Bertz CT molecular complexity index is 1410. The number of nitrogens with one attached hydrogen (secondary N) is 2. The van der Waals surface area contributed by atoms with Gasteiger partial charge in [0.2, 0.25) is 17.7 Å². The number of imidazole rings is 1. The second-order valence-corrected chi connectivity index (χ2v) is 10.5. The van der Waals surface area contributed by atoms with E-state index in [0.29, 0.717) is 18.5 Å². The Morgan fingerprint density at radius 3 is 2.47 bits per heavy atom. The first-order chi connectivity index (χ1) is 20.8. The van der Waals surface area contributed by atoms with Crippen molar-refractivity contribution >= 4 is 53.2 Å². The monoisotopic (exact) mass is 652 g/mol. The molecule has 1 aromatic carbocycles. The van der Waals surface area contributed by atoms with Gasteiger partial charge in [0.05, 0.1) is 29.3 Å². The summed E-state index contributed by atoms with van der Waals surface area (Å²) in [5.41, 5.74) is 4.32. The number of nitro benzene ring substituents is 2. The molecule has 0 saturated carbocycles. The summed E-state index contributed by atoms with van der Waals surface area (Å²) in [7, 11) is 1.17. The van der Waals surface area contributed by atoms with E-state index < -0.39 is 80.7 Å². The van der Waals surface area contributed by atoms with Crippen molar-refractivity contribution in [3.8, 4) is 0 Å². The maximum absolute atomic E-state index is 14.4. The van der Waals surface area contributed by atoms with Gasteiger partial charge in [-0.05, 0) is 31.7 Å². The van der Waals surface area contributed by atoms with Crippen LogP contribution in [0.5, 0.6) is 0 Å². The van der Waals surface area contributed by atoms with Gasteiger partial charge in [-0.25, -0.2) is 9.78 Å². The van der Waals surface area contributed by atoms with Crippen LogP contribution in [-0.4, -0.2) is 86.2 Å². The van der Waals surface area contributed by atoms with Crippen LogP contribution in [0.2, 0.25) is 0 Å². The number of methoxy groups -OCH3 is 1. The molecule has 246 valence electrons. The third-order valence-electron chi connectivity index (χ3n) is 7.73. The molecule has 0 unspecified atom stereocenters. The Morgan fingerprint density at radius 1 is 1.22 bits per heavy atom. The lowest BCUT2D eigenvalue weighted by Gasteiger charge is -2.36. The predicted molar refractivity (Wildman–Crippen MR) is 162 cm³/mol. The summed E-state index contributed by atoms with van der Waals surface area (Å²) < 4.78 is 4.66. The average Bonchev–Trinajstić information content (AvgIpc) is 3.71. The van der Waals surface area contributed by atoms with Crippen molar-refractivity contribution in [3.05, 3.63) is 56.6 Å². The van der Waals surface area contributed by atoms with Crippen LogP contribution in [0.4, 0.5) is 17.1 Å². The van der Waals surface area contributed by atoms with Crippen molar-refractivity contribution in [1.29, 1.82) is 0 Å². The van der Waals surface area contributed by atoms with E-state index in [4.69, 9.17) is 5.73 Å². The molecule has 0 radical (unpaired) electrons. The molecule has 3 rings (SSSR count). The molecule has 1 aliphatic heterocycles. The van der Waals surface area contributed by atoms with Crippen LogP contribution < -0.4 is 16.0 Å². The third kappa shape index (κ3) is 8.10. The minimum absolute atomic E-state index is 0. The molecule has 17 nitrogen and oxygen atoms in total. The van der Waals surface area contributed by atoms with E-state index in [-0.39, 0.29) is 31.8 Å². The number of anilines is 1. The van der Waals surface area contributed by atoms with Gasteiger partial charge in [0.15, 0.2) is 0 Å². The highest BCUT2D eigenvalue weighted by atomic mass is 35.5. The van der Waals surface area contributed by atoms with Gasteiger partial charge in [-0.2, -0.15) is 0 Å². The van der Waals surface area contributed by atoms with Crippen LogP contribution >= 0.6 is 12.4 Å². The number of para-hydroxylation sites is 1. The molecule has 1 aromatic heterocycles. The Labute approximate surface area is 264 Å². The summed E-state index contributed by atoms with van der Waals surface area (Å²) in [6.07, 6.45) is 3.57. The normalized spacial score (nSPS) is 16.8. The van der Waals surface area contributed by atoms with Gasteiger partial charge in [-0.15, -0.1) is 12.4 Å². The van der Waals surface area contributed by atoms with Crippen LogP contribution in [-0.2, 0) is 30.3 Å². The number of benzene rings is 1. The number of halogens is 1. The van der Waals surface area contributed by atoms with Gasteiger partial charge in [-0.3, -0.25) is 39.5 Å². The summed E-state index contributed by atoms with van der Waals surface area (Å²) in [6.45, 7) is 5.00. The van der Waals surface area contributed by atoms with Crippen LogP contribution in [0.3, 0.4) is 0 Å². The summed E-state index contributed by atoms with van der Waals surface area (Å²) in [6, 6.07) is -1.59. The van der Waals surface area contributed by atoms with Crippen molar-refractivity contribution in [1.82, 2.24) is 20.2 Å². The highest BCUT2D eigenvalue weighted by Crippen LogP contribution is 2.39. The number of aromatic nitrogens is 2. The fourth-order valence-electron chi connectivity index (χ4n) is 5.08. The molecule has 1 aliphatic rings. The highest BCUT2D eigenvalue weighted by Gasteiger charge is 2.45. The fourth-order valence-corrected chi connectivity index (χ4v) is 5.08. The number of H-pyrrole nitrogens is 1. The number of carbonyl (C=O) groups excluding carboxylic acids is 4. The number of ether oxygens (including phenoxy) is 1. The molecular weight excluding hydrogens is 616 g/mol. The third-order valence-corrected chi connectivity index (χ3v) is 7.73. The minimum Gasteiger partial charge on any atom is -0.467 e. The quantitative estimate of drug-likeness (QED) is 0.160. The van der Waals surface area contributed by atoms with E-state index in [2.05, 4.69) is 20.0 Å².